The van der Waals surface area contributed by atoms with Crippen molar-refractivity contribution in [1.29, 1.82) is 0 Å². The quantitative estimate of drug-likeness (QED) is 0.912. The Bertz CT molecular complexity index is 622. The number of carbonyl (C=O) groups excluding carboxylic acids is 1. The van der Waals surface area contributed by atoms with E-state index in [1.807, 2.05) is 49.4 Å². The molecule has 0 spiro atoms. The van der Waals surface area contributed by atoms with E-state index in [2.05, 4.69) is 5.32 Å². The van der Waals surface area contributed by atoms with E-state index < -0.39 is 6.10 Å². The number of nitrogens with one attached hydrogen (secondary N) is 1. The van der Waals surface area contributed by atoms with Crippen molar-refractivity contribution in [2.75, 3.05) is 11.9 Å². The minimum Gasteiger partial charge on any atom is -0.485 e. The summed E-state index contributed by atoms with van der Waals surface area (Å²) in [5.41, 5.74) is 1.90. The Kier molecular flexibility index (Phi) is 3.29. The zero-order chi connectivity index (χ0) is 13.9. The fourth-order valence-corrected chi connectivity index (χ4v) is 2.01. The van der Waals surface area contributed by atoms with Crippen LogP contribution in [-0.2, 0) is 4.79 Å². The molecule has 0 unspecified atom stereocenters. The van der Waals surface area contributed by atoms with Crippen LogP contribution in [0.5, 0.6) is 11.5 Å². The molecule has 0 saturated carbocycles. The second-order valence-corrected chi connectivity index (χ2v) is 4.72. The molecular weight excluding hydrogens is 254 g/mol. The molecule has 4 nitrogen and oxygen atoms in total. The molecular formula is C16H15NO3. The first-order chi connectivity index (χ1) is 9.72. The topological polar surface area (TPSA) is 47.6 Å². The van der Waals surface area contributed by atoms with Gasteiger partial charge in [0, 0.05) is 5.69 Å². The van der Waals surface area contributed by atoms with Crippen molar-refractivity contribution in [2.45, 2.75) is 13.0 Å². The van der Waals surface area contributed by atoms with Gasteiger partial charge in [0.05, 0.1) is 0 Å². The van der Waals surface area contributed by atoms with E-state index in [9.17, 15) is 4.79 Å². The van der Waals surface area contributed by atoms with E-state index in [4.69, 9.17) is 9.47 Å². The zero-order valence-electron chi connectivity index (χ0n) is 11.1. The summed E-state index contributed by atoms with van der Waals surface area (Å²) < 4.78 is 11.2. The number of anilines is 1. The third-order valence-corrected chi connectivity index (χ3v) is 3.12. The van der Waals surface area contributed by atoms with Crippen LogP contribution in [0.25, 0.3) is 0 Å². The van der Waals surface area contributed by atoms with Gasteiger partial charge in [-0.15, -0.1) is 0 Å². The summed E-state index contributed by atoms with van der Waals surface area (Å²) in [6.45, 7) is 2.22. The summed E-state index contributed by atoms with van der Waals surface area (Å²) in [6, 6.07) is 15.0. The Morgan fingerprint density at radius 2 is 1.80 bits per heavy atom. The largest absolute Gasteiger partial charge is 0.485 e. The molecule has 1 amide bonds. The molecule has 4 heteroatoms. The van der Waals surface area contributed by atoms with Crippen molar-refractivity contribution in [3.8, 4) is 11.5 Å². The molecule has 20 heavy (non-hydrogen) atoms. The molecule has 0 fully saturated rings. The molecule has 1 aliphatic heterocycles. The van der Waals surface area contributed by atoms with Crippen molar-refractivity contribution in [3.05, 3.63) is 54.1 Å². The lowest BCUT2D eigenvalue weighted by Gasteiger charge is -2.25. The first-order valence-electron chi connectivity index (χ1n) is 6.48. The maximum absolute atomic E-state index is 12.1. The number of aryl methyl sites for hydroxylation is 1. The van der Waals surface area contributed by atoms with Gasteiger partial charge in [-0.25, -0.2) is 0 Å². The number of carbonyl (C=O) groups is 1. The molecule has 0 radical (unpaired) electrons. The highest BCUT2D eigenvalue weighted by Gasteiger charge is 2.27. The number of rotatable bonds is 2. The molecule has 2 aromatic rings. The number of ether oxygens (including phenoxy) is 2. The predicted octanol–water partition coefficient (Wildman–Crippen LogP) is 2.77. The van der Waals surface area contributed by atoms with E-state index in [0.29, 0.717) is 11.5 Å². The number of amides is 1. The molecule has 3 rings (SSSR count). The maximum atomic E-state index is 12.1. The molecule has 1 heterocycles. The fraction of sp³-hybridized carbons (Fsp3) is 0.188. The lowest BCUT2D eigenvalue weighted by molar-refractivity contribution is -0.125. The van der Waals surface area contributed by atoms with Crippen LogP contribution in [0, 0.1) is 6.92 Å². The van der Waals surface area contributed by atoms with Gasteiger partial charge in [-0.05, 0) is 31.2 Å². The van der Waals surface area contributed by atoms with Crippen molar-refractivity contribution in [2.24, 2.45) is 0 Å². The summed E-state index contributed by atoms with van der Waals surface area (Å²) in [5, 5.41) is 2.83. The highest BCUT2D eigenvalue weighted by molar-refractivity contribution is 5.94. The summed E-state index contributed by atoms with van der Waals surface area (Å²) >= 11 is 0. The molecule has 102 valence electrons. The van der Waals surface area contributed by atoms with Crippen LogP contribution in [0.3, 0.4) is 0 Å². The molecule has 1 N–H and O–H groups in total. The normalized spacial score (nSPS) is 16.6. The Morgan fingerprint density at radius 3 is 2.55 bits per heavy atom. The minimum atomic E-state index is -0.633. The van der Waals surface area contributed by atoms with E-state index in [-0.39, 0.29) is 12.5 Å². The van der Waals surface area contributed by atoms with Gasteiger partial charge in [0.25, 0.3) is 5.91 Å². The van der Waals surface area contributed by atoms with Crippen molar-refractivity contribution in [3.63, 3.8) is 0 Å². The summed E-state index contributed by atoms with van der Waals surface area (Å²) in [7, 11) is 0. The van der Waals surface area contributed by atoms with Gasteiger partial charge >= 0.3 is 0 Å². The Hall–Kier alpha value is -2.49. The van der Waals surface area contributed by atoms with E-state index >= 15 is 0 Å². The van der Waals surface area contributed by atoms with Gasteiger partial charge in [-0.2, -0.15) is 0 Å². The van der Waals surface area contributed by atoms with Gasteiger partial charge < -0.3 is 14.8 Å². The summed E-state index contributed by atoms with van der Waals surface area (Å²) in [5.74, 6) is 1.07. The smallest absolute Gasteiger partial charge is 0.269 e. The maximum Gasteiger partial charge on any atom is 0.269 e. The van der Waals surface area contributed by atoms with E-state index in [1.165, 1.54) is 0 Å². The van der Waals surface area contributed by atoms with Crippen LogP contribution in [0.15, 0.2) is 48.5 Å². The third-order valence-electron chi connectivity index (χ3n) is 3.12. The van der Waals surface area contributed by atoms with Crippen molar-refractivity contribution >= 4 is 11.6 Å². The minimum absolute atomic E-state index is 0.205. The summed E-state index contributed by atoms with van der Waals surface area (Å²) in [6.07, 6.45) is -0.633. The Balaban J connectivity index is 1.68. The SMILES string of the molecule is Cc1ccc(NC(=O)[C@@H]2COc3ccccc3O2)cc1. The molecule has 2 aromatic carbocycles. The lowest BCUT2D eigenvalue weighted by atomic mass is 10.2. The number of para-hydroxylation sites is 2. The molecule has 0 aromatic heterocycles. The number of hydrogen-bond donors (Lipinski definition) is 1. The van der Waals surface area contributed by atoms with Gasteiger partial charge in [-0.1, -0.05) is 29.8 Å². The predicted molar refractivity (Wildman–Crippen MR) is 76.2 cm³/mol. The first kappa shape index (κ1) is 12.5. The third kappa shape index (κ3) is 2.59. The summed E-state index contributed by atoms with van der Waals surface area (Å²) in [4.78, 5) is 12.1. The van der Waals surface area contributed by atoms with Crippen molar-refractivity contribution < 1.29 is 14.3 Å². The monoisotopic (exact) mass is 269 g/mol. The average molecular weight is 269 g/mol. The van der Waals surface area contributed by atoms with Gasteiger partial charge in [0.1, 0.15) is 6.61 Å². The van der Waals surface area contributed by atoms with Crippen LogP contribution >= 0.6 is 0 Å². The Morgan fingerprint density at radius 1 is 1.10 bits per heavy atom. The lowest BCUT2D eigenvalue weighted by Crippen LogP contribution is -2.40. The van der Waals surface area contributed by atoms with Gasteiger partial charge in [-0.3, -0.25) is 4.79 Å². The van der Waals surface area contributed by atoms with E-state index in [1.54, 1.807) is 6.07 Å². The molecule has 1 atom stereocenters. The molecule has 0 aliphatic carbocycles. The van der Waals surface area contributed by atoms with Gasteiger partial charge in [0.2, 0.25) is 6.10 Å². The zero-order valence-corrected chi connectivity index (χ0v) is 11.1. The van der Waals surface area contributed by atoms with Crippen LogP contribution < -0.4 is 14.8 Å². The Labute approximate surface area is 117 Å². The van der Waals surface area contributed by atoms with E-state index in [0.717, 1.165) is 11.3 Å². The van der Waals surface area contributed by atoms with Gasteiger partial charge in [0.15, 0.2) is 11.5 Å². The van der Waals surface area contributed by atoms with Crippen LogP contribution in [0.4, 0.5) is 5.69 Å². The molecule has 1 aliphatic rings. The first-order valence-corrected chi connectivity index (χ1v) is 6.48. The number of fused-ring (bicyclic) bond motifs is 1. The van der Waals surface area contributed by atoms with Crippen LogP contribution in [0.2, 0.25) is 0 Å². The average Bonchev–Trinajstić information content (AvgIpc) is 2.49. The number of hydrogen-bond acceptors (Lipinski definition) is 3. The number of benzene rings is 2. The second-order valence-electron chi connectivity index (χ2n) is 4.72. The molecule has 0 bridgehead atoms. The standard InChI is InChI=1S/C16H15NO3/c1-11-6-8-12(9-7-11)17-16(18)15-10-19-13-4-2-3-5-14(13)20-15/h2-9,15H,10H2,1H3,(H,17,18)/t15-/m0/s1. The van der Waals surface area contributed by atoms with Crippen LogP contribution in [-0.4, -0.2) is 18.6 Å². The highest BCUT2D eigenvalue weighted by Crippen LogP contribution is 2.31. The second kappa shape index (κ2) is 5.25. The van der Waals surface area contributed by atoms with Crippen molar-refractivity contribution in [1.82, 2.24) is 0 Å². The van der Waals surface area contributed by atoms with Crippen LogP contribution in [0.1, 0.15) is 5.56 Å². The molecule has 0 saturated heterocycles. The highest BCUT2D eigenvalue weighted by atomic mass is 16.6. The fourth-order valence-electron chi connectivity index (χ4n) is 2.01.